The molecule has 2 aromatic rings. The van der Waals surface area contributed by atoms with Gasteiger partial charge in [0.05, 0.1) is 6.54 Å². The van der Waals surface area contributed by atoms with Gasteiger partial charge in [-0.05, 0) is 38.0 Å². The van der Waals surface area contributed by atoms with Crippen LogP contribution in [0, 0.1) is 20.8 Å². The summed E-state index contributed by atoms with van der Waals surface area (Å²) in [4.78, 5) is 40.9. The molecule has 2 aromatic carbocycles. The molecule has 1 saturated heterocycles. The van der Waals surface area contributed by atoms with Crippen LogP contribution in [0.25, 0.3) is 0 Å². The molecule has 0 bridgehead atoms. The molecule has 0 unspecified atom stereocenters. The Balaban J connectivity index is 1.50. The molecule has 29 heavy (non-hydrogen) atoms. The molecule has 0 spiro atoms. The van der Waals surface area contributed by atoms with Gasteiger partial charge in [0.25, 0.3) is 5.91 Å². The second-order valence-electron chi connectivity index (χ2n) is 7.56. The number of amides is 2. The quantitative estimate of drug-likeness (QED) is 0.626. The van der Waals surface area contributed by atoms with Crippen LogP contribution in [0.5, 0.6) is 0 Å². The lowest BCUT2D eigenvalue weighted by Crippen LogP contribution is -2.52. The number of rotatable bonds is 5. The first-order chi connectivity index (χ1) is 13.8. The van der Waals surface area contributed by atoms with E-state index < -0.39 is 11.7 Å². The van der Waals surface area contributed by atoms with Gasteiger partial charge in [-0.1, -0.05) is 42.0 Å². The lowest BCUT2D eigenvalue weighted by molar-refractivity contribution is -0.128. The van der Waals surface area contributed by atoms with Gasteiger partial charge in [-0.2, -0.15) is 0 Å². The Labute approximate surface area is 171 Å². The second kappa shape index (κ2) is 9.01. The van der Waals surface area contributed by atoms with E-state index in [4.69, 9.17) is 0 Å². The molecule has 3 rings (SSSR count). The maximum absolute atomic E-state index is 12.5. The fraction of sp³-hybridized carbons (Fsp3) is 0.348. The predicted octanol–water partition coefficient (Wildman–Crippen LogP) is 2.58. The lowest BCUT2D eigenvalue weighted by atomic mass is 10.1. The van der Waals surface area contributed by atoms with Gasteiger partial charge in [0.1, 0.15) is 0 Å². The van der Waals surface area contributed by atoms with E-state index in [1.165, 1.54) is 0 Å². The van der Waals surface area contributed by atoms with E-state index in [9.17, 15) is 14.4 Å². The first-order valence-electron chi connectivity index (χ1n) is 9.84. The predicted molar refractivity (Wildman–Crippen MR) is 113 cm³/mol. The van der Waals surface area contributed by atoms with Crippen LogP contribution < -0.4 is 5.32 Å². The second-order valence-corrected chi connectivity index (χ2v) is 7.56. The molecule has 152 valence electrons. The van der Waals surface area contributed by atoms with Gasteiger partial charge >= 0.3 is 0 Å². The monoisotopic (exact) mass is 393 g/mol. The van der Waals surface area contributed by atoms with Crippen molar-refractivity contribution >= 4 is 23.3 Å². The Morgan fingerprint density at radius 3 is 2.21 bits per heavy atom. The molecule has 1 fully saturated rings. The largest absolute Gasteiger partial charge is 0.333 e. The molecule has 6 heteroatoms. The van der Waals surface area contributed by atoms with Gasteiger partial charge in [0, 0.05) is 37.4 Å². The normalized spacial score (nSPS) is 14.5. The van der Waals surface area contributed by atoms with Crippen LogP contribution in [-0.2, 0) is 9.59 Å². The Morgan fingerprint density at radius 1 is 0.897 bits per heavy atom. The lowest BCUT2D eigenvalue weighted by Gasteiger charge is -2.34. The molecular formula is C23H27N3O3. The van der Waals surface area contributed by atoms with Gasteiger partial charge in [0.15, 0.2) is 0 Å². The third-order valence-electron chi connectivity index (χ3n) is 5.41. The highest BCUT2D eigenvalue weighted by Gasteiger charge is 2.27. The summed E-state index contributed by atoms with van der Waals surface area (Å²) >= 11 is 0. The smallest absolute Gasteiger partial charge is 0.295 e. The molecule has 1 N–H and O–H groups in total. The number of aryl methyl sites for hydroxylation is 2. The maximum atomic E-state index is 12.5. The van der Waals surface area contributed by atoms with Crippen molar-refractivity contribution in [3.63, 3.8) is 0 Å². The van der Waals surface area contributed by atoms with E-state index in [0.717, 1.165) is 22.4 Å². The Hall–Kier alpha value is -2.99. The number of hydrogen-bond acceptors (Lipinski definition) is 4. The topological polar surface area (TPSA) is 69.7 Å². The Morgan fingerprint density at radius 2 is 1.55 bits per heavy atom. The van der Waals surface area contributed by atoms with Gasteiger partial charge in [-0.25, -0.2) is 0 Å². The van der Waals surface area contributed by atoms with Crippen LogP contribution in [0.1, 0.15) is 27.0 Å². The molecule has 1 heterocycles. The number of hydrogen-bond donors (Lipinski definition) is 1. The Bertz CT molecular complexity index is 913. The molecule has 6 nitrogen and oxygen atoms in total. The number of ketones is 1. The number of Topliss-reactive ketones (excluding diaryl/α,β-unsaturated/α-hetero) is 1. The van der Waals surface area contributed by atoms with E-state index in [1.54, 1.807) is 17.0 Å². The minimum Gasteiger partial charge on any atom is -0.333 e. The first kappa shape index (κ1) is 20.7. The van der Waals surface area contributed by atoms with Crippen LogP contribution in [0.4, 0.5) is 5.69 Å². The molecular weight excluding hydrogens is 366 g/mol. The number of nitrogens with zero attached hydrogens (tertiary/aromatic N) is 2. The van der Waals surface area contributed by atoms with Crippen LogP contribution in [0.2, 0.25) is 0 Å². The molecule has 0 radical (unpaired) electrons. The summed E-state index contributed by atoms with van der Waals surface area (Å²) in [6.07, 6.45) is 0. The zero-order chi connectivity index (χ0) is 21.0. The molecule has 1 aliphatic heterocycles. The van der Waals surface area contributed by atoms with Crippen molar-refractivity contribution < 1.29 is 14.4 Å². The standard InChI is InChI=1S/C23H27N3O3/c1-16-7-9-19(10-8-16)22(28)23(29)26-13-11-25(12-14-26)15-21(27)24-20-6-4-5-17(2)18(20)3/h4-10H,11-15H2,1-3H3,(H,24,27). The summed E-state index contributed by atoms with van der Waals surface area (Å²) in [6, 6.07) is 12.9. The summed E-state index contributed by atoms with van der Waals surface area (Å²) in [6.45, 7) is 8.20. The number of benzene rings is 2. The van der Waals surface area contributed by atoms with E-state index in [2.05, 4.69) is 5.32 Å². The molecule has 2 amide bonds. The van der Waals surface area contributed by atoms with Crippen molar-refractivity contribution in [2.24, 2.45) is 0 Å². The summed E-state index contributed by atoms with van der Waals surface area (Å²) < 4.78 is 0. The first-order valence-corrected chi connectivity index (χ1v) is 9.84. The van der Waals surface area contributed by atoms with Crippen LogP contribution in [0.3, 0.4) is 0 Å². The minimum absolute atomic E-state index is 0.0748. The molecule has 0 aromatic heterocycles. The van der Waals surface area contributed by atoms with Crippen molar-refractivity contribution in [2.75, 3.05) is 38.0 Å². The van der Waals surface area contributed by atoms with Crippen molar-refractivity contribution in [2.45, 2.75) is 20.8 Å². The fourth-order valence-corrected chi connectivity index (χ4v) is 3.36. The average molecular weight is 393 g/mol. The molecule has 0 saturated carbocycles. The van der Waals surface area contributed by atoms with E-state index in [0.29, 0.717) is 31.7 Å². The zero-order valence-electron chi connectivity index (χ0n) is 17.2. The number of carbonyl (C=O) groups is 3. The summed E-state index contributed by atoms with van der Waals surface area (Å²) in [7, 11) is 0. The highest BCUT2D eigenvalue weighted by atomic mass is 16.2. The van der Waals surface area contributed by atoms with Crippen molar-refractivity contribution in [3.05, 3.63) is 64.7 Å². The van der Waals surface area contributed by atoms with Crippen molar-refractivity contribution in [1.82, 2.24) is 9.80 Å². The number of piperazine rings is 1. The average Bonchev–Trinajstić information content (AvgIpc) is 2.71. The maximum Gasteiger partial charge on any atom is 0.295 e. The highest BCUT2D eigenvalue weighted by Crippen LogP contribution is 2.18. The van der Waals surface area contributed by atoms with Crippen molar-refractivity contribution in [3.8, 4) is 0 Å². The summed E-state index contributed by atoms with van der Waals surface area (Å²) in [5.74, 6) is -1.03. The third kappa shape index (κ3) is 5.09. The van der Waals surface area contributed by atoms with Gasteiger partial charge in [-0.3, -0.25) is 19.3 Å². The zero-order valence-corrected chi connectivity index (χ0v) is 17.2. The molecule has 0 atom stereocenters. The fourth-order valence-electron chi connectivity index (χ4n) is 3.36. The van der Waals surface area contributed by atoms with E-state index >= 15 is 0 Å². The summed E-state index contributed by atoms with van der Waals surface area (Å²) in [5, 5.41) is 2.96. The third-order valence-corrected chi connectivity index (χ3v) is 5.41. The van der Waals surface area contributed by atoms with Crippen LogP contribution in [-0.4, -0.2) is 60.1 Å². The number of nitrogens with one attached hydrogen (secondary N) is 1. The van der Waals surface area contributed by atoms with Crippen LogP contribution >= 0.6 is 0 Å². The van der Waals surface area contributed by atoms with E-state index in [-0.39, 0.29) is 12.5 Å². The van der Waals surface area contributed by atoms with E-state index in [1.807, 2.05) is 56.0 Å². The van der Waals surface area contributed by atoms with Gasteiger partial charge < -0.3 is 10.2 Å². The van der Waals surface area contributed by atoms with Crippen molar-refractivity contribution in [1.29, 1.82) is 0 Å². The van der Waals surface area contributed by atoms with Crippen LogP contribution in [0.15, 0.2) is 42.5 Å². The number of carbonyl (C=O) groups excluding carboxylic acids is 3. The SMILES string of the molecule is Cc1ccc(C(=O)C(=O)N2CCN(CC(=O)Nc3cccc(C)c3C)CC2)cc1. The van der Waals surface area contributed by atoms with Gasteiger partial charge in [0.2, 0.25) is 11.7 Å². The van der Waals surface area contributed by atoms with Gasteiger partial charge in [-0.15, -0.1) is 0 Å². The minimum atomic E-state index is -0.480. The number of anilines is 1. The molecule has 0 aliphatic carbocycles. The Kier molecular flexibility index (Phi) is 6.44. The summed E-state index contributed by atoms with van der Waals surface area (Å²) in [5.41, 5.74) is 4.48. The highest BCUT2D eigenvalue weighted by molar-refractivity contribution is 6.42. The molecule has 1 aliphatic rings.